The van der Waals surface area contributed by atoms with E-state index in [2.05, 4.69) is 15.9 Å². The SMILES string of the molecule is COc1ccc2c(c1)CCCN2C(=O)C(C)Oc1ccc(Br)cc1. The average molecular weight is 390 g/mol. The summed E-state index contributed by atoms with van der Waals surface area (Å²) in [5.74, 6) is 1.48. The molecule has 0 saturated carbocycles. The first-order chi connectivity index (χ1) is 11.6. The Balaban J connectivity index is 1.77. The van der Waals surface area contributed by atoms with Gasteiger partial charge in [0.2, 0.25) is 0 Å². The number of aryl methyl sites for hydroxylation is 1. The summed E-state index contributed by atoms with van der Waals surface area (Å²) >= 11 is 3.39. The lowest BCUT2D eigenvalue weighted by molar-refractivity contribution is -0.124. The highest BCUT2D eigenvalue weighted by Gasteiger charge is 2.27. The van der Waals surface area contributed by atoms with Crippen molar-refractivity contribution in [3.05, 3.63) is 52.5 Å². The third-order valence-corrected chi connectivity index (χ3v) is 4.67. The van der Waals surface area contributed by atoms with Crippen molar-refractivity contribution in [3.63, 3.8) is 0 Å². The van der Waals surface area contributed by atoms with Crippen molar-refractivity contribution in [2.75, 3.05) is 18.6 Å². The van der Waals surface area contributed by atoms with Crippen molar-refractivity contribution in [2.24, 2.45) is 0 Å². The molecule has 0 bridgehead atoms. The number of carbonyl (C=O) groups excluding carboxylic acids is 1. The summed E-state index contributed by atoms with van der Waals surface area (Å²) in [5, 5.41) is 0. The zero-order valence-electron chi connectivity index (χ0n) is 13.8. The molecule has 0 spiro atoms. The zero-order valence-corrected chi connectivity index (χ0v) is 15.4. The van der Waals surface area contributed by atoms with Crippen LogP contribution in [0.5, 0.6) is 11.5 Å². The molecule has 1 amide bonds. The van der Waals surface area contributed by atoms with E-state index in [0.717, 1.165) is 34.3 Å². The fourth-order valence-corrected chi connectivity index (χ4v) is 3.18. The number of fused-ring (bicyclic) bond motifs is 1. The lowest BCUT2D eigenvalue weighted by Crippen LogP contribution is -2.43. The summed E-state index contributed by atoms with van der Waals surface area (Å²) in [6, 6.07) is 13.4. The Morgan fingerprint density at radius 2 is 1.88 bits per heavy atom. The van der Waals surface area contributed by atoms with E-state index in [9.17, 15) is 4.79 Å². The molecule has 0 fully saturated rings. The molecular formula is C19H20BrNO3. The molecule has 1 aliphatic heterocycles. The molecule has 126 valence electrons. The van der Waals surface area contributed by atoms with E-state index in [0.29, 0.717) is 12.3 Å². The summed E-state index contributed by atoms with van der Waals surface area (Å²) in [5.41, 5.74) is 2.10. The maximum Gasteiger partial charge on any atom is 0.267 e. The number of amides is 1. The van der Waals surface area contributed by atoms with E-state index in [-0.39, 0.29) is 5.91 Å². The fraction of sp³-hybridized carbons (Fsp3) is 0.316. The van der Waals surface area contributed by atoms with Crippen LogP contribution >= 0.6 is 15.9 Å². The van der Waals surface area contributed by atoms with E-state index in [1.807, 2.05) is 47.4 Å². The van der Waals surface area contributed by atoms with E-state index in [1.165, 1.54) is 0 Å². The van der Waals surface area contributed by atoms with Gasteiger partial charge >= 0.3 is 0 Å². The Labute approximate surface area is 150 Å². The maximum absolute atomic E-state index is 12.8. The molecule has 0 radical (unpaired) electrons. The topological polar surface area (TPSA) is 38.8 Å². The van der Waals surface area contributed by atoms with Crippen LogP contribution in [0.4, 0.5) is 5.69 Å². The maximum atomic E-state index is 12.8. The summed E-state index contributed by atoms with van der Waals surface area (Å²) < 4.78 is 12.1. The normalized spacial score (nSPS) is 14.7. The molecule has 5 heteroatoms. The van der Waals surface area contributed by atoms with Crippen LogP contribution in [0, 0.1) is 0 Å². The Hall–Kier alpha value is -2.01. The van der Waals surface area contributed by atoms with Crippen molar-refractivity contribution in [1.29, 1.82) is 0 Å². The molecular weight excluding hydrogens is 370 g/mol. The van der Waals surface area contributed by atoms with Crippen LogP contribution in [-0.4, -0.2) is 25.7 Å². The summed E-state index contributed by atoms with van der Waals surface area (Å²) in [6.45, 7) is 2.51. The molecule has 1 heterocycles. The number of methoxy groups -OCH3 is 1. The average Bonchev–Trinajstić information content (AvgIpc) is 2.62. The van der Waals surface area contributed by atoms with Gasteiger partial charge in [-0.25, -0.2) is 0 Å². The van der Waals surface area contributed by atoms with Crippen LogP contribution in [0.1, 0.15) is 18.9 Å². The third-order valence-electron chi connectivity index (χ3n) is 4.15. The second kappa shape index (κ2) is 7.26. The number of ether oxygens (including phenoxy) is 2. The highest BCUT2D eigenvalue weighted by molar-refractivity contribution is 9.10. The molecule has 2 aromatic rings. The van der Waals surface area contributed by atoms with Gasteiger partial charge in [-0.1, -0.05) is 15.9 Å². The van der Waals surface area contributed by atoms with Gasteiger partial charge in [0, 0.05) is 16.7 Å². The lowest BCUT2D eigenvalue weighted by atomic mass is 10.0. The fourth-order valence-electron chi connectivity index (χ4n) is 2.92. The first-order valence-electron chi connectivity index (χ1n) is 7.99. The number of halogens is 1. The van der Waals surface area contributed by atoms with E-state index >= 15 is 0 Å². The lowest BCUT2D eigenvalue weighted by Gasteiger charge is -2.31. The molecule has 0 aromatic heterocycles. The van der Waals surface area contributed by atoms with Crippen molar-refractivity contribution in [1.82, 2.24) is 0 Å². The van der Waals surface area contributed by atoms with Crippen molar-refractivity contribution >= 4 is 27.5 Å². The first kappa shape index (κ1) is 16.8. The van der Waals surface area contributed by atoms with Gasteiger partial charge in [-0.2, -0.15) is 0 Å². The number of anilines is 1. The van der Waals surface area contributed by atoms with Crippen LogP contribution < -0.4 is 14.4 Å². The van der Waals surface area contributed by atoms with Gasteiger partial charge < -0.3 is 14.4 Å². The molecule has 1 atom stereocenters. The van der Waals surface area contributed by atoms with Gasteiger partial charge in [0.25, 0.3) is 5.91 Å². The van der Waals surface area contributed by atoms with Crippen molar-refractivity contribution < 1.29 is 14.3 Å². The summed E-state index contributed by atoms with van der Waals surface area (Å²) in [4.78, 5) is 14.7. The number of rotatable bonds is 4. The second-order valence-electron chi connectivity index (χ2n) is 5.80. The van der Waals surface area contributed by atoms with E-state index in [4.69, 9.17) is 9.47 Å². The molecule has 24 heavy (non-hydrogen) atoms. The van der Waals surface area contributed by atoms with Gasteiger partial charge in [0.1, 0.15) is 11.5 Å². The van der Waals surface area contributed by atoms with Crippen molar-refractivity contribution in [2.45, 2.75) is 25.9 Å². The standard InChI is InChI=1S/C19H20BrNO3/c1-13(24-16-7-5-15(20)6-8-16)19(22)21-11-3-4-14-12-17(23-2)9-10-18(14)21/h5-10,12-13H,3-4,11H2,1-2H3. The van der Waals surface area contributed by atoms with Crippen LogP contribution in [0.25, 0.3) is 0 Å². The minimum absolute atomic E-state index is 0.0240. The minimum Gasteiger partial charge on any atom is -0.497 e. The van der Waals surface area contributed by atoms with Gasteiger partial charge in [0.05, 0.1) is 7.11 Å². The zero-order chi connectivity index (χ0) is 17.1. The van der Waals surface area contributed by atoms with Gasteiger partial charge in [-0.3, -0.25) is 4.79 Å². The molecule has 1 unspecified atom stereocenters. The quantitative estimate of drug-likeness (QED) is 0.786. The first-order valence-corrected chi connectivity index (χ1v) is 8.78. The Morgan fingerprint density at radius 3 is 2.58 bits per heavy atom. The Kier molecular flexibility index (Phi) is 5.09. The number of benzene rings is 2. The van der Waals surface area contributed by atoms with Crippen LogP contribution in [0.15, 0.2) is 46.9 Å². The number of nitrogens with zero attached hydrogens (tertiary/aromatic N) is 1. The molecule has 2 aromatic carbocycles. The van der Waals surface area contributed by atoms with Crippen LogP contribution in [-0.2, 0) is 11.2 Å². The second-order valence-corrected chi connectivity index (χ2v) is 6.72. The smallest absolute Gasteiger partial charge is 0.267 e. The molecule has 0 saturated heterocycles. The van der Waals surface area contributed by atoms with E-state index in [1.54, 1.807) is 14.0 Å². The minimum atomic E-state index is -0.542. The summed E-state index contributed by atoms with van der Waals surface area (Å²) in [7, 11) is 1.65. The number of carbonyl (C=O) groups is 1. The summed E-state index contributed by atoms with van der Waals surface area (Å²) in [6.07, 6.45) is 1.36. The predicted molar refractivity (Wildman–Crippen MR) is 97.9 cm³/mol. The third kappa shape index (κ3) is 3.56. The largest absolute Gasteiger partial charge is 0.497 e. The van der Waals surface area contributed by atoms with Crippen LogP contribution in [0.2, 0.25) is 0 Å². The van der Waals surface area contributed by atoms with Gasteiger partial charge in [-0.05, 0) is 67.8 Å². The highest BCUT2D eigenvalue weighted by Crippen LogP contribution is 2.31. The highest BCUT2D eigenvalue weighted by atomic mass is 79.9. The molecule has 0 aliphatic carbocycles. The molecule has 3 rings (SSSR count). The van der Waals surface area contributed by atoms with Crippen LogP contribution in [0.3, 0.4) is 0 Å². The monoisotopic (exact) mass is 389 g/mol. The van der Waals surface area contributed by atoms with Gasteiger partial charge in [-0.15, -0.1) is 0 Å². The Bertz CT molecular complexity index is 730. The number of hydrogen-bond donors (Lipinski definition) is 0. The molecule has 4 nitrogen and oxygen atoms in total. The molecule has 1 aliphatic rings. The predicted octanol–water partition coefficient (Wildman–Crippen LogP) is 4.20. The molecule has 0 N–H and O–H groups in total. The van der Waals surface area contributed by atoms with Gasteiger partial charge in [0.15, 0.2) is 6.10 Å². The van der Waals surface area contributed by atoms with Crippen molar-refractivity contribution in [3.8, 4) is 11.5 Å². The Morgan fingerprint density at radius 1 is 1.17 bits per heavy atom. The number of hydrogen-bond acceptors (Lipinski definition) is 3. The van der Waals surface area contributed by atoms with E-state index < -0.39 is 6.10 Å².